The minimum absolute atomic E-state index is 0.123. The number of hydrogen-bond donors (Lipinski definition) is 1. The third-order valence-electron chi connectivity index (χ3n) is 7.90. The molecule has 1 aromatic heterocycles. The van der Waals surface area contributed by atoms with E-state index >= 15 is 0 Å². The molecule has 0 atom stereocenters. The van der Waals surface area contributed by atoms with Crippen LogP contribution in [0.5, 0.6) is 0 Å². The first kappa shape index (κ1) is 28.8. The molecule has 0 radical (unpaired) electrons. The SMILES string of the molecule is CN1CCN(CCNC(=O)c2cc(N3C(=S)N(c4cnc(C#N)c(C(F)(F)F)c4)C(=O)C34CCC4)ccc2F)CC1. The third-order valence-corrected chi connectivity index (χ3v) is 8.26. The molecule has 3 aliphatic rings. The molecule has 2 amide bonds. The summed E-state index contributed by atoms with van der Waals surface area (Å²) >= 11 is 5.60. The Morgan fingerprint density at radius 3 is 2.49 bits per heavy atom. The number of halogens is 4. The summed E-state index contributed by atoms with van der Waals surface area (Å²) in [6.45, 7) is 4.52. The zero-order valence-corrected chi connectivity index (χ0v) is 23.0. The van der Waals surface area contributed by atoms with Crippen LogP contribution in [-0.2, 0) is 11.0 Å². The summed E-state index contributed by atoms with van der Waals surface area (Å²) in [7, 11) is 2.04. The lowest BCUT2D eigenvalue weighted by Gasteiger charge is -2.43. The molecule has 3 fully saturated rings. The molecule has 9 nitrogen and oxygen atoms in total. The van der Waals surface area contributed by atoms with Gasteiger partial charge in [-0.05, 0) is 62.8 Å². The number of nitrogens with one attached hydrogen (secondary N) is 1. The average molecular weight is 590 g/mol. The van der Waals surface area contributed by atoms with Gasteiger partial charge in [-0.1, -0.05) is 0 Å². The molecule has 1 aliphatic carbocycles. The van der Waals surface area contributed by atoms with Crippen LogP contribution in [0.4, 0.5) is 28.9 Å². The van der Waals surface area contributed by atoms with Crippen LogP contribution in [0.15, 0.2) is 30.5 Å². The van der Waals surface area contributed by atoms with Gasteiger partial charge in [-0.3, -0.25) is 19.4 Å². The van der Waals surface area contributed by atoms with Gasteiger partial charge in [-0.15, -0.1) is 0 Å². The minimum atomic E-state index is -4.88. The molecule has 1 N–H and O–H groups in total. The molecular formula is C27H27F4N7O2S. The Bertz CT molecular complexity index is 1430. The van der Waals surface area contributed by atoms with Crippen molar-refractivity contribution in [2.75, 3.05) is 56.1 Å². The maximum Gasteiger partial charge on any atom is 0.419 e. The standard InChI is InChI=1S/C27H27F4N7O2S/c1-35-9-11-36(12-10-35)8-7-33-23(39)19-13-17(3-4-21(19)28)38-25(41)37(24(40)26(38)5-2-6-26)18-14-20(27(29,30)31)22(15-32)34-16-18/h3-4,13-14,16H,2,5-12H2,1H3,(H,33,39). The summed E-state index contributed by atoms with van der Waals surface area (Å²) < 4.78 is 55.7. The number of hydrogen-bond acceptors (Lipinski definition) is 7. The van der Waals surface area contributed by atoms with Crippen molar-refractivity contribution in [2.45, 2.75) is 31.0 Å². The maximum atomic E-state index is 14.8. The van der Waals surface area contributed by atoms with E-state index in [9.17, 15) is 27.2 Å². The fraction of sp³-hybridized carbons (Fsp3) is 0.444. The zero-order chi connectivity index (χ0) is 29.5. The number of nitrogens with zero attached hydrogens (tertiary/aromatic N) is 6. The second kappa shape index (κ2) is 11.0. The van der Waals surface area contributed by atoms with Crippen LogP contribution in [0, 0.1) is 17.1 Å². The number of amides is 2. The van der Waals surface area contributed by atoms with Crippen LogP contribution in [0.3, 0.4) is 0 Å². The normalized spacial score (nSPS) is 19.4. The first-order valence-electron chi connectivity index (χ1n) is 13.1. The van der Waals surface area contributed by atoms with Crippen molar-refractivity contribution in [1.82, 2.24) is 20.1 Å². The van der Waals surface area contributed by atoms with Crippen LogP contribution in [0.1, 0.15) is 40.9 Å². The molecule has 3 heterocycles. The molecule has 41 heavy (non-hydrogen) atoms. The lowest BCUT2D eigenvalue weighted by atomic mass is 9.75. The van der Waals surface area contributed by atoms with E-state index in [2.05, 4.69) is 20.1 Å². The molecule has 2 aliphatic heterocycles. The Balaban J connectivity index is 1.40. The zero-order valence-electron chi connectivity index (χ0n) is 22.2. The summed E-state index contributed by atoms with van der Waals surface area (Å²) in [6, 6.07) is 5.90. The van der Waals surface area contributed by atoms with E-state index in [1.807, 2.05) is 7.05 Å². The van der Waals surface area contributed by atoms with E-state index in [1.165, 1.54) is 23.1 Å². The number of pyridine rings is 1. The molecule has 0 unspecified atom stereocenters. The van der Waals surface area contributed by atoms with Crippen LogP contribution >= 0.6 is 12.2 Å². The predicted octanol–water partition coefficient (Wildman–Crippen LogP) is 3.15. The van der Waals surface area contributed by atoms with E-state index in [-0.39, 0.29) is 22.1 Å². The van der Waals surface area contributed by atoms with Crippen LogP contribution in [0.25, 0.3) is 0 Å². The second-order valence-corrected chi connectivity index (χ2v) is 10.8. The molecule has 1 spiro atoms. The smallest absolute Gasteiger partial charge is 0.351 e. The van der Waals surface area contributed by atoms with Gasteiger partial charge in [-0.25, -0.2) is 9.37 Å². The number of carbonyl (C=O) groups excluding carboxylic acids is 2. The van der Waals surface area contributed by atoms with Gasteiger partial charge in [0.25, 0.3) is 11.8 Å². The summed E-state index contributed by atoms with van der Waals surface area (Å²) in [4.78, 5) is 37.1. The lowest BCUT2D eigenvalue weighted by molar-refractivity contribution is -0.138. The van der Waals surface area contributed by atoms with E-state index in [0.29, 0.717) is 38.4 Å². The van der Waals surface area contributed by atoms with Gasteiger partial charge in [0.15, 0.2) is 10.8 Å². The highest BCUT2D eigenvalue weighted by Gasteiger charge is 2.60. The summed E-state index contributed by atoms with van der Waals surface area (Å²) in [5.74, 6) is -1.93. The average Bonchev–Trinajstić information content (AvgIpc) is 3.15. The van der Waals surface area contributed by atoms with Crippen molar-refractivity contribution < 1.29 is 27.2 Å². The largest absolute Gasteiger partial charge is 0.419 e. The molecule has 2 aromatic rings. The van der Waals surface area contributed by atoms with Crippen molar-refractivity contribution in [3.05, 3.63) is 53.1 Å². The van der Waals surface area contributed by atoms with Crippen molar-refractivity contribution in [3.63, 3.8) is 0 Å². The number of carbonyl (C=O) groups is 2. The number of likely N-dealkylation sites (N-methyl/N-ethyl adjacent to an activating group) is 1. The fourth-order valence-electron chi connectivity index (χ4n) is 5.41. The monoisotopic (exact) mass is 589 g/mol. The van der Waals surface area contributed by atoms with E-state index in [1.54, 1.807) is 0 Å². The Morgan fingerprint density at radius 2 is 1.88 bits per heavy atom. The van der Waals surface area contributed by atoms with Crippen molar-refractivity contribution in [1.29, 1.82) is 5.26 Å². The summed E-state index contributed by atoms with van der Waals surface area (Å²) in [6.07, 6.45) is -2.49. The maximum absolute atomic E-state index is 14.8. The Labute approximate surface area is 239 Å². The third kappa shape index (κ3) is 5.25. The quantitative estimate of drug-likeness (QED) is 0.406. The number of nitriles is 1. The Hall–Kier alpha value is -3.67. The van der Waals surface area contributed by atoms with Crippen molar-refractivity contribution in [3.8, 4) is 6.07 Å². The number of anilines is 2. The Morgan fingerprint density at radius 1 is 1.17 bits per heavy atom. The van der Waals surface area contributed by atoms with Crippen LogP contribution < -0.4 is 15.1 Å². The number of thiocarbonyl (C=S) groups is 1. The highest BCUT2D eigenvalue weighted by molar-refractivity contribution is 7.81. The van der Waals surface area contributed by atoms with E-state index in [4.69, 9.17) is 17.5 Å². The number of alkyl halides is 3. The molecule has 0 bridgehead atoms. The van der Waals surface area contributed by atoms with E-state index < -0.39 is 40.6 Å². The molecule has 1 saturated carbocycles. The van der Waals surface area contributed by atoms with Gasteiger partial charge < -0.3 is 15.1 Å². The van der Waals surface area contributed by atoms with Gasteiger partial charge in [0, 0.05) is 45.0 Å². The highest BCUT2D eigenvalue weighted by atomic mass is 32.1. The Kier molecular flexibility index (Phi) is 7.71. The molecule has 2 saturated heterocycles. The van der Waals surface area contributed by atoms with Gasteiger partial charge in [0.1, 0.15) is 17.4 Å². The van der Waals surface area contributed by atoms with Gasteiger partial charge >= 0.3 is 6.18 Å². The number of benzene rings is 1. The van der Waals surface area contributed by atoms with Crippen molar-refractivity contribution in [2.24, 2.45) is 0 Å². The molecule has 216 valence electrons. The van der Waals surface area contributed by atoms with Crippen LogP contribution in [-0.4, -0.2) is 83.6 Å². The summed E-state index contributed by atoms with van der Waals surface area (Å²) in [5, 5.41) is 11.7. The molecular weight excluding hydrogens is 562 g/mol. The van der Waals surface area contributed by atoms with E-state index in [0.717, 1.165) is 43.3 Å². The second-order valence-electron chi connectivity index (χ2n) is 10.4. The number of rotatable bonds is 6. The first-order chi connectivity index (χ1) is 19.5. The first-order valence-corrected chi connectivity index (χ1v) is 13.5. The predicted molar refractivity (Wildman–Crippen MR) is 146 cm³/mol. The number of aromatic nitrogens is 1. The lowest BCUT2D eigenvalue weighted by Crippen LogP contribution is -2.55. The molecule has 14 heteroatoms. The van der Waals surface area contributed by atoms with Gasteiger partial charge in [-0.2, -0.15) is 18.4 Å². The minimum Gasteiger partial charge on any atom is -0.351 e. The van der Waals surface area contributed by atoms with Crippen molar-refractivity contribution >= 4 is 40.5 Å². The van der Waals surface area contributed by atoms with Gasteiger partial charge in [0.2, 0.25) is 0 Å². The fourth-order valence-corrected chi connectivity index (χ4v) is 5.88. The highest BCUT2D eigenvalue weighted by Crippen LogP contribution is 2.48. The molecule has 1 aromatic carbocycles. The van der Waals surface area contributed by atoms with Gasteiger partial charge in [0.05, 0.1) is 23.0 Å². The summed E-state index contributed by atoms with van der Waals surface area (Å²) in [5.41, 5.74) is -3.49. The van der Waals surface area contributed by atoms with Crippen LogP contribution in [0.2, 0.25) is 0 Å². The number of piperazine rings is 1. The topological polar surface area (TPSA) is 95.8 Å². The molecule has 5 rings (SSSR count).